The first-order chi connectivity index (χ1) is 6.47. The molecule has 1 aliphatic rings. The summed E-state index contributed by atoms with van der Waals surface area (Å²) in [6, 6.07) is 0.281. The number of carbonyl (C=O) groups is 1. The van der Waals surface area contributed by atoms with Crippen LogP contribution in [0.4, 0.5) is 0 Å². The minimum atomic E-state index is -0.322. The highest BCUT2D eigenvalue weighted by atomic mass is 16.2. The maximum absolute atomic E-state index is 12.1. The third kappa shape index (κ3) is 2.27. The van der Waals surface area contributed by atoms with Gasteiger partial charge in [0.2, 0.25) is 5.91 Å². The van der Waals surface area contributed by atoms with Crippen molar-refractivity contribution in [3.05, 3.63) is 0 Å². The number of rotatable bonds is 2. The zero-order chi connectivity index (χ0) is 10.8. The van der Waals surface area contributed by atoms with E-state index in [0.29, 0.717) is 0 Å². The highest BCUT2D eigenvalue weighted by Gasteiger charge is 2.36. The summed E-state index contributed by atoms with van der Waals surface area (Å²) in [5.74, 6) is 0.229. The number of carbonyl (C=O) groups excluding carboxylic acids is 1. The smallest absolute Gasteiger partial charge is 0.242 e. The van der Waals surface area contributed by atoms with Crippen molar-refractivity contribution in [2.45, 2.75) is 51.6 Å². The number of likely N-dealkylation sites (N-methyl/N-ethyl adjacent to an activating group) is 1. The van der Waals surface area contributed by atoms with E-state index in [1.54, 1.807) is 0 Å². The first kappa shape index (κ1) is 11.5. The molecule has 0 aromatic rings. The molecule has 1 unspecified atom stereocenters. The molecule has 0 aromatic carbocycles. The Hall–Kier alpha value is -0.570. The number of amides is 1. The van der Waals surface area contributed by atoms with Gasteiger partial charge in [0.05, 0.1) is 5.54 Å². The van der Waals surface area contributed by atoms with Gasteiger partial charge in [-0.25, -0.2) is 0 Å². The summed E-state index contributed by atoms with van der Waals surface area (Å²) < 4.78 is 0. The molecule has 1 atom stereocenters. The molecule has 0 spiro atoms. The van der Waals surface area contributed by atoms with Crippen molar-refractivity contribution in [1.29, 1.82) is 0 Å². The van der Waals surface area contributed by atoms with E-state index in [1.807, 2.05) is 32.7 Å². The normalized spacial score (nSPS) is 27.8. The van der Waals surface area contributed by atoms with Gasteiger partial charge in [-0.15, -0.1) is 0 Å². The summed E-state index contributed by atoms with van der Waals surface area (Å²) >= 11 is 0. The summed E-state index contributed by atoms with van der Waals surface area (Å²) in [4.78, 5) is 14.0. The zero-order valence-corrected chi connectivity index (χ0v) is 9.76. The van der Waals surface area contributed by atoms with Gasteiger partial charge in [0.25, 0.3) is 0 Å². The minimum absolute atomic E-state index is 0.229. The number of nitrogens with one attached hydrogen (secondary N) is 1. The maximum atomic E-state index is 12.1. The molecule has 3 nitrogen and oxygen atoms in total. The fourth-order valence-electron chi connectivity index (χ4n) is 1.86. The SMILES string of the molecule is CC(C)N(C)C(=O)C1(C)CCCCN1. The highest BCUT2D eigenvalue weighted by Crippen LogP contribution is 2.21. The van der Waals surface area contributed by atoms with Crippen molar-refractivity contribution in [3.63, 3.8) is 0 Å². The highest BCUT2D eigenvalue weighted by molar-refractivity contribution is 5.86. The third-order valence-corrected chi connectivity index (χ3v) is 3.19. The van der Waals surface area contributed by atoms with Crippen molar-refractivity contribution in [1.82, 2.24) is 10.2 Å². The van der Waals surface area contributed by atoms with Gasteiger partial charge >= 0.3 is 0 Å². The molecule has 14 heavy (non-hydrogen) atoms. The number of hydrogen-bond acceptors (Lipinski definition) is 2. The Morgan fingerprint density at radius 1 is 1.43 bits per heavy atom. The average Bonchev–Trinajstić information content (AvgIpc) is 2.16. The van der Waals surface area contributed by atoms with Crippen LogP contribution in [0.1, 0.15) is 40.0 Å². The van der Waals surface area contributed by atoms with E-state index in [4.69, 9.17) is 0 Å². The average molecular weight is 198 g/mol. The predicted molar refractivity (Wildman–Crippen MR) is 58.2 cm³/mol. The van der Waals surface area contributed by atoms with E-state index in [-0.39, 0.29) is 17.5 Å². The van der Waals surface area contributed by atoms with Gasteiger partial charge in [-0.05, 0) is 46.6 Å². The van der Waals surface area contributed by atoms with Gasteiger partial charge in [-0.3, -0.25) is 4.79 Å². The standard InChI is InChI=1S/C11H22N2O/c1-9(2)13(4)10(14)11(3)7-5-6-8-12-11/h9,12H,5-8H2,1-4H3. The van der Waals surface area contributed by atoms with E-state index in [1.165, 1.54) is 6.42 Å². The van der Waals surface area contributed by atoms with Crippen molar-refractivity contribution in [2.75, 3.05) is 13.6 Å². The van der Waals surface area contributed by atoms with E-state index in [9.17, 15) is 4.79 Å². The molecule has 1 aliphatic heterocycles. The second kappa shape index (κ2) is 4.30. The van der Waals surface area contributed by atoms with E-state index < -0.39 is 0 Å². The predicted octanol–water partition coefficient (Wildman–Crippen LogP) is 1.39. The van der Waals surface area contributed by atoms with Crippen LogP contribution < -0.4 is 5.32 Å². The lowest BCUT2D eigenvalue weighted by Gasteiger charge is -2.38. The molecule has 1 heterocycles. The summed E-state index contributed by atoms with van der Waals surface area (Å²) in [6.45, 7) is 7.08. The molecule has 1 fully saturated rings. The van der Waals surface area contributed by atoms with Crippen molar-refractivity contribution < 1.29 is 4.79 Å². The van der Waals surface area contributed by atoms with Crippen molar-refractivity contribution in [2.24, 2.45) is 0 Å². The molecule has 1 N–H and O–H groups in total. The van der Waals surface area contributed by atoms with Gasteiger partial charge in [-0.2, -0.15) is 0 Å². The van der Waals surface area contributed by atoms with Crippen molar-refractivity contribution >= 4 is 5.91 Å². The lowest BCUT2D eigenvalue weighted by atomic mass is 9.89. The van der Waals surface area contributed by atoms with Gasteiger partial charge < -0.3 is 10.2 Å². The molecule has 1 amide bonds. The molecule has 0 radical (unpaired) electrons. The quantitative estimate of drug-likeness (QED) is 0.727. The molecule has 0 aliphatic carbocycles. The fraction of sp³-hybridized carbons (Fsp3) is 0.909. The summed E-state index contributed by atoms with van der Waals surface area (Å²) in [5, 5.41) is 3.34. The molecular formula is C11H22N2O. The largest absolute Gasteiger partial charge is 0.342 e. The second-order valence-electron chi connectivity index (χ2n) is 4.73. The summed E-state index contributed by atoms with van der Waals surface area (Å²) in [7, 11) is 1.88. The third-order valence-electron chi connectivity index (χ3n) is 3.19. The van der Waals surface area contributed by atoms with Crippen LogP contribution >= 0.6 is 0 Å². The molecule has 1 saturated heterocycles. The first-order valence-corrected chi connectivity index (χ1v) is 5.49. The Kier molecular flexibility index (Phi) is 3.53. The fourth-order valence-corrected chi connectivity index (χ4v) is 1.86. The number of hydrogen-bond donors (Lipinski definition) is 1. The van der Waals surface area contributed by atoms with Crippen LogP contribution in [0, 0.1) is 0 Å². The van der Waals surface area contributed by atoms with E-state index >= 15 is 0 Å². The molecule has 0 bridgehead atoms. The van der Waals surface area contributed by atoms with Crippen LogP contribution in [0.25, 0.3) is 0 Å². The van der Waals surface area contributed by atoms with Crippen LogP contribution in [0.3, 0.4) is 0 Å². The van der Waals surface area contributed by atoms with Gasteiger partial charge in [0, 0.05) is 13.1 Å². The summed E-state index contributed by atoms with van der Waals surface area (Å²) in [6.07, 6.45) is 3.30. The topological polar surface area (TPSA) is 32.3 Å². The van der Waals surface area contributed by atoms with Gasteiger partial charge in [0.1, 0.15) is 0 Å². The van der Waals surface area contributed by atoms with Crippen LogP contribution in [0.5, 0.6) is 0 Å². The zero-order valence-electron chi connectivity index (χ0n) is 9.76. The van der Waals surface area contributed by atoms with Gasteiger partial charge in [0.15, 0.2) is 0 Å². The lowest BCUT2D eigenvalue weighted by molar-refractivity contribution is -0.138. The van der Waals surface area contributed by atoms with Crippen LogP contribution in [0.2, 0.25) is 0 Å². The van der Waals surface area contributed by atoms with Gasteiger partial charge in [-0.1, -0.05) is 0 Å². The molecule has 0 aromatic heterocycles. The summed E-state index contributed by atoms with van der Waals surface area (Å²) in [5.41, 5.74) is -0.322. The molecule has 3 heteroatoms. The molecule has 1 rings (SSSR count). The monoisotopic (exact) mass is 198 g/mol. The lowest BCUT2D eigenvalue weighted by Crippen LogP contribution is -2.58. The number of nitrogens with zero attached hydrogens (tertiary/aromatic N) is 1. The Bertz CT molecular complexity index is 207. The Balaban J connectivity index is 2.66. The molecular weight excluding hydrogens is 176 g/mol. The Morgan fingerprint density at radius 3 is 2.50 bits per heavy atom. The van der Waals surface area contributed by atoms with Crippen LogP contribution in [-0.4, -0.2) is 36.0 Å². The molecule has 0 saturated carbocycles. The Labute approximate surface area is 86.9 Å². The van der Waals surface area contributed by atoms with E-state index in [0.717, 1.165) is 19.4 Å². The molecule has 82 valence electrons. The number of piperidine rings is 1. The maximum Gasteiger partial charge on any atom is 0.242 e. The Morgan fingerprint density at radius 2 is 2.07 bits per heavy atom. The minimum Gasteiger partial charge on any atom is -0.342 e. The second-order valence-corrected chi connectivity index (χ2v) is 4.73. The van der Waals surface area contributed by atoms with Crippen LogP contribution in [-0.2, 0) is 4.79 Å². The van der Waals surface area contributed by atoms with Crippen LogP contribution in [0.15, 0.2) is 0 Å². The first-order valence-electron chi connectivity index (χ1n) is 5.49. The van der Waals surface area contributed by atoms with Crippen molar-refractivity contribution in [3.8, 4) is 0 Å². The van der Waals surface area contributed by atoms with E-state index in [2.05, 4.69) is 5.32 Å².